The minimum Gasteiger partial charge on any atom is -0.337 e. The summed E-state index contributed by atoms with van der Waals surface area (Å²) in [6, 6.07) is 7.80. The van der Waals surface area contributed by atoms with Gasteiger partial charge >= 0.3 is 0 Å². The number of nitrogens with zero attached hydrogens (tertiary/aromatic N) is 4. The second-order valence-electron chi connectivity index (χ2n) is 4.92. The van der Waals surface area contributed by atoms with Crippen molar-refractivity contribution < 1.29 is 4.79 Å². The maximum absolute atomic E-state index is 11.9. The smallest absolute Gasteiger partial charge is 0.254 e. The van der Waals surface area contributed by atoms with Crippen molar-refractivity contribution in [3.63, 3.8) is 0 Å². The van der Waals surface area contributed by atoms with E-state index in [1.807, 2.05) is 31.3 Å². The quantitative estimate of drug-likeness (QED) is 0.725. The maximum Gasteiger partial charge on any atom is 0.254 e. The molecule has 1 aromatic carbocycles. The molecule has 1 N–H and O–H groups in total. The number of carbonyl (C=O) groups excluding carboxylic acids is 1. The topological polar surface area (TPSA) is 74.8 Å². The molecular formula is C14H11N5O. The highest BCUT2D eigenvalue weighted by atomic mass is 16.2. The number of aromatic amines is 1. The van der Waals surface area contributed by atoms with E-state index < -0.39 is 0 Å². The Morgan fingerprint density at radius 3 is 3.00 bits per heavy atom. The number of hydrogen-bond acceptors (Lipinski definition) is 4. The summed E-state index contributed by atoms with van der Waals surface area (Å²) in [5.41, 5.74) is 5.17. The van der Waals surface area contributed by atoms with Gasteiger partial charge in [0.2, 0.25) is 5.65 Å². The number of pyridine rings is 1. The Bertz CT molecular complexity index is 838. The first kappa shape index (κ1) is 11.1. The summed E-state index contributed by atoms with van der Waals surface area (Å²) in [6.45, 7) is 0.654. The summed E-state index contributed by atoms with van der Waals surface area (Å²) in [7, 11) is 1.81. The van der Waals surface area contributed by atoms with Gasteiger partial charge in [-0.15, -0.1) is 5.10 Å². The molecule has 0 saturated heterocycles. The Kier molecular flexibility index (Phi) is 2.14. The highest BCUT2D eigenvalue weighted by Gasteiger charge is 2.24. The molecule has 1 aliphatic heterocycles. The molecule has 0 unspecified atom stereocenters. The molecule has 0 saturated carbocycles. The monoisotopic (exact) mass is 265 g/mol. The van der Waals surface area contributed by atoms with Gasteiger partial charge in [-0.1, -0.05) is 6.07 Å². The van der Waals surface area contributed by atoms with E-state index in [0.29, 0.717) is 12.2 Å². The first-order valence-corrected chi connectivity index (χ1v) is 6.28. The van der Waals surface area contributed by atoms with Crippen LogP contribution in [0, 0.1) is 0 Å². The summed E-state index contributed by atoms with van der Waals surface area (Å²) in [6.07, 6.45) is 1.77. The molecule has 1 aliphatic rings. The van der Waals surface area contributed by atoms with E-state index >= 15 is 0 Å². The van der Waals surface area contributed by atoms with Crippen molar-refractivity contribution in [2.45, 2.75) is 6.54 Å². The molecule has 20 heavy (non-hydrogen) atoms. The van der Waals surface area contributed by atoms with Crippen LogP contribution in [0.1, 0.15) is 15.9 Å². The molecule has 2 aromatic heterocycles. The average molecular weight is 265 g/mol. The predicted molar refractivity (Wildman–Crippen MR) is 72.9 cm³/mol. The number of H-pyrrole nitrogens is 1. The first-order chi connectivity index (χ1) is 9.72. The van der Waals surface area contributed by atoms with Gasteiger partial charge < -0.3 is 4.90 Å². The maximum atomic E-state index is 11.9. The molecule has 6 heteroatoms. The molecule has 4 rings (SSSR count). The van der Waals surface area contributed by atoms with Crippen molar-refractivity contribution in [3.05, 3.63) is 41.6 Å². The lowest BCUT2D eigenvalue weighted by Gasteiger charge is -2.04. The zero-order valence-electron chi connectivity index (χ0n) is 10.8. The van der Waals surface area contributed by atoms with E-state index in [2.05, 4.69) is 20.4 Å². The molecule has 0 fully saturated rings. The number of hydrogen-bond donors (Lipinski definition) is 1. The Balaban J connectivity index is 1.83. The second-order valence-corrected chi connectivity index (χ2v) is 4.92. The number of carbonyl (C=O) groups is 1. The van der Waals surface area contributed by atoms with E-state index in [-0.39, 0.29) is 5.91 Å². The molecule has 0 aliphatic carbocycles. The van der Waals surface area contributed by atoms with Crippen LogP contribution in [0.25, 0.3) is 22.3 Å². The highest BCUT2D eigenvalue weighted by Crippen LogP contribution is 2.28. The minimum absolute atomic E-state index is 0.0802. The molecule has 0 spiro atoms. The predicted octanol–water partition coefficient (Wildman–Crippen LogP) is 1.61. The van der Waals surface area contributed by atoms with Gasteiger partial charge in [0.1, 0.15) is 5.52 Å². The Hall–Kier alpha value is -2.76. The van der Waals surface area contributed by atoms with Gasteiger partial charge in [-0.2, -0.15) is 10.3 Å². The fourth-order valence-electron chi connectivity index (χ4n) is 2.54. The third kappa shape index (κ3) is 1.51. The normalized spacial score (nSPS) is 14.1. The van der Waals surface area contributed by atoms with Crippen LogP contribution in [0.4, 0.5) is 0 Å². The molecule has 0 radical (unpaired) electrons. The van der Waals surface area contributed by atoms with Gasteiger partial charge in [-0.05, 0) is 29.3 Å². The zero-order valence-corrected chi connectivity index (χ0v) is 10.8. The average Bonchev–Trinajstić information content (AvgIpc) is 3.03. The van der Waals surface area contributed by atoms with E-state index in [1.165, 1.54) is 0 Å². The number of rotatable bonds is 1. The Morgan fingerprint density at radius 2 is 2.10 bits per heavy atom. The number of fused-ring (bicyclic) bond motifs is 2. The summed E-state index contributed by atoms with van der Waals surface area (Å²) >= 11 is 0. The number of amides is 1. The third-order valence-electron chi connectivity index (χ3n) is 3.60. The largest absolute Gasteiger partial charge is 0.337 e. The minimum atomic E-state index is 0.0802. The van der Waals surface area contributed by atoms with Crippen LogP contribution in [0.15, 0.2) is 30.5 Å². The van der Waals surface area contributed by atoms with Crippen LogP contribution in [0.2, 0.25) is 0 Å². The van der Waals surface area contributed by atoms with Crippen LogP contribution in [0.5, 0.6) is 0 Å². The highest BCUT2D eigenvalue weighted by molar-refractivity contribution is 5.98. The summed E-state index contributed by atoms with van der Waals surface area (Å²) in [5.74, 6) is 0.0802. The van der Waals surface area contributed by atoms with Crippen molar-refractivity contribution in [3.8, 4) is 11.1 Å². The van der Waals surface area contributed by atoms with E-state index in [0.717, 1.165) is 27.8 Å². The summed E-state index contributed by atoms with van der Waals surface area (Å²) in [5, 5.41) is 10.5. The van der Waals surface area contributed by atoms with Crippen LogP contribution in [-0.4, -0.2) is 38.2 Å². The first-order valence-electron chi connectivity index (χ1n) is 6.28. The van der Waals surface area contributed by atoms with Crippen molar-refractivity contribution in [1.29, 1.82) is 0 Å². The fourth-order valence-corrected chi connectivity index (χ4v) is 2.54. The van der Waals surface area contributed by atoms with E-state index in [1.54, 1.807) is 11.1 Å². The third-order valence-corrected chi connectivity index (χ3v) is 3.60. The Morgan fingerprint density at radius 1 is 1.20 bits per heavy atom. The molecule has 3 aromatic rings. The Labute approximate surface area is 114 Å². The zero-order chi connectivity index (χ0) is 13.7. The van der Waals surface area contributed by atoms with Crippen LogP contribution >= 0.6 is 0 Å². The second kappa shape index (κ2) is 3.86. The standard InChI is InChI=1S/C14H11N5O/c1-19-7-10-4-8(2-3-11(10)14(19)20)9-5-12-13(15-6-9)17-18-16-12/h2-6H,7H2,1H3,(H,15,16,17,18). The lowest BCUT2D eigenvalue weighted by Crippen LogP contribution is -2.17. The molecule has 6 nitrogen and oxygen atoms in total. The lowest BCUT2D eigenvalue weighted by atomic mass is 10.0. The summed E-state index contributed by atoms with van der Waals surface area (Å²) < 4.78 is 0. The van der Waals surface area contributed by atoms with Gasteiger partial charge in [0.05, 0.1) is 0 Å². The van der Waals surface area contributed by atoms with Gasteiger partial charge in [0, 0.05) is 30.9 Å². The number of nitrogens with one attached hydrogen (secondary N) is 1. The van der Waals surface area contributed by atoms with Crippen molar-refractivity contribution in [2.24, 2.45) is 0 Å². The molecule has 1 amide bonds. The van der Waals surface area contributed by atoms with Gasteiger partial charge in [-0.25, -0.2) is 4.98 Å². The van der Waals surface area contributed by atoms with Crippen LogP contribution in [0.3, 0.4) is 0 Å². The molecule has 0 bridgehead atoms. The van der Waals surface area contributed by atoms with Crippen molar-refractivity contribution in [2.75, 3.05) is 7.05 Å². The van der Waals surface area contributed by atoms with E-state index in [4.69, 9.17) is 0 Å². The SMILES string of the molecule is CN1Cc2cc(-c3cnc4n[nH]nc4c3)ccc2C1=O. The molecule has 98 valence electrons. The van der Waals surface area contributed by atoms with Crippen molar-refractivity contribution in [1.82, 2.24) is 25.3 Å². The summed E-state index contributed by atoms with van der Waals surface area (Å²) in [4.78, 5) is 17.9. The number of benzene rings is 1. The van der Waals surface area contributed by atoms with Crippen molar-refractivity contribution >= 4 is 17.1 Å². The van der Waals surface area contributed by atoms with Crippen LogP contribution < -0.4 is 0 Å². The molecule has 0 atom stereocenters. The lowest BCUT2D eigenvalue weighted by molar-refractivity contribution is 0.0816. The molecule has 3 heterocycles. The van der Waals surface area contributed by atoms with Gasteiger partial charge in [-0.3, -0.25) is 4.79 Å². The van der Waals surface area contributed by atoms with Gasteiger partial charge in [0.15, 0.2) is 0 Å². The fraction of sp³-hybridized carbons (Fsp3) is 0.143. The van der Waals surface area contributed by atoms with E-state index in [9.17, 15) is 4.79 Å². The van der Waals surface area contributed by atoms with Gasteiger partial charge in [0.25, 0.3) is 5.91 Å². The number of aromatic nitrogens is 4. The molecular weight excluding hydrogens is 254 g/mol. The van der Waals surface area contributed by atoms with Crippen LogP contribution in [-0.2, 0) is 6.54 Å².